The van der Waals surface area contributed by atoms with Gasteiger partial charge in [-0.1, -0.05) is 33.6 Å². The summed E-state index contributed by atoms with van der Waals surface area (Å²) >= 11 is 3.94. The molecule has 3 unspecified atom stereocenters. The fraction of sp³-hybridized carbons (Fsp3) is 0.625. The van der Waals surface area contributed by atoms with Crippen molar-refractivity contribution in [2.24, 2.45) is 17.8 Å². The smallest absolute Gasteiger partial charge is 0.123 e. The summed E-state index contributed by atoms with van der Waals surface area (Å²) in [6.07, 6.45) is 4.29. The third-order valence-corrected chi connectivity index (χ3v) is 5.70. The zero-order chi connectivity index (χ0) is 12.7. The van der Waals surface area contributed by atoms with Crippen LogP contribution in [0.4, 0.5) is 0 Å². The molecule has 1 aromatic rings. The minimum atomic E-state index is 0.465. The summed E-state index contributed by atoms with van der Waals surface area (Å²) < 4.78 is 5.78. The fourth-order valence-corrected chi connectivity index (χ4v) is 4.21. The fourth-order valence-electron chi connectivity index (χ4n) is 3.42. The maximum Gasteiger partial charge on any atom is 0.123 e. The van der Waals surface area contributed by atoms with E-state index in [2.05, 4.69) is 48.0 Å². The molecule has 0 radical (unpaired) electrons. The maximum atomic E-state index is 5.78. The molecule has 98 valence electrons. The lowest BCUT2D eigenvalue weighted by molar-refractivity contribution is 0.333. The van der Waals surface area contributed by atoms with Crippen molar-refractivity contribution < 1.29 is 4.74 Å². The highest BCUT2D eigenvalue weighted by Gasteiger charge is 2.47. The second kappa shape index (κ2) is 4.88. The number of alkyl halides is 1. The summed E-state index contributed by atoms with van der Waals surface area (Å²) in [6.45, 7) is 4.95. The minimum absolute atomic E-state index is 0.465. The molecule has 18 heavy (non-hydrogen) atoms. The Morgan fingerprint density at radius 1 is 1.28 bits per heavy atom. The molecule has 2 saturated carbocycles. The van der Waals surface area contributed by atoms with E-state index in [0.29, 0.717) is 4.83 Å². The Balaban J connectivity index is 1.82. The first-order valence-electron chi connectivity index (χ1n) is 7.06. The number of ether oxygens (including phenoxy) is 1. The predicted octanol–water partition coefficient (Wildman–Crippen LogP) is 4.88. The molecule has 0 heterocycles. The van der Waals surface area contributed by atoms with E-state index >= 15 is 0 Å². The number of hydrogen-bond donors (Lipinski definition) is 0. The highest BCUT2D eigenvalue weighted by Crippen LogP contribution is 2.59. The van der Waals surface area contributed by atoms with E-state index in [1.165, 1.54) is 30.4 Å². The summed E-state index contributed by atoms with van der Waals surface area (Å²) in [5.74, 6) is 3.94. The molecule has 0 aliphatic heterocycles. The van der Waals surface area contributed by atoms with Gasteiger partial charge in [-0.2, -0.15) is 0 Å². The molecule has 3 atom stereocenters. The maximum absolute atomic E-state index is 5.78. The average molecular weight is 309 g/mol. The topological polar surface area (TPSA) is 9.23 Å². The highest BCUT2D eigenvalue weighted by atomic mass is 79.9. The Morgan fingerprint density at radius 2 is 2.00 bits per heavy atom. The minimum Gasteiger partial charge on any atom is -0.494 e. The van der Waals surface area contributed by atoms with Gasteiger partial charge in [-0.3, -0.25) is 0 Å². The second-order valence-electron chi connectivity index (χ2n) is 5.86. The van der Waals surface area contributed by atoms with Crippen molar-refractivity contribution in [3.8, 4) is 5.75 Å². The molecule has 3 rings (SSSR count). The quantitative estimate of drug-likeness (QED) is 0.721. The van der Waals surface area contributed by atoms with Crippen LogP contribution in [0.15, 0.2) is 18.2 Å². The van der Waals surface area contributed by atoms with E-state index in [1.807, 2.05) is 0 Å². The number of fused-ring (bicyclic) bond motifs is 1. The first-order valence-corrected chi connectivity index (χ1v) is 7.98. The van der Waals surface area contributed by atoms with Crippen molar-refractivity contribution in [1.82, 2.24) is 0 Å². The molecule has 0 aromatic heterocycles. The van der Waals surface area contributed by atoms with Crippen LogP contribution in [0.5, 0.6) is 5.75 Å². The number of rotatable bonds is 4. The van der Waals surface area contributed by atoms with E-state index in [4.69, 9.17) is 4.74 Å². The standard InChI is InChI=1S/C16H21BrO/c1-3-18-15-5-4-10(2)6-14(15)16(17)13-8-11-7-12(11)9-13/h4-6,11-13,16H,3,7-9H2,1-2H3. The molecule has 2 aliphatic rings. The zero-order valence-electron chi connectivity index (χ0n) is 11.2. The lowest BCUT2D eigenvalue weighted by Crippen LogP contribution is -2.08. The van der Waals surface area contributed by atoms with Crippen molar-refractivity contribution in [2.45, 2.75) is 37.9 Å². The monoisotopic (exact) mass is 308 g/mol. The van der Waals surface area contributed by atoms with Gasteiger partial charge in [0, 0.05) is 10.4 Å². The van der Waals surface area contributed by atoms with Gasteiger partial charge in [0.2, 0.25) is 0 Å². The van der Waals surface area contributed by atoms with Gasteiger partial charge in [0.1, 0.15) is 5.75 Å². The van der Waals surface area contributed by atoms with Crippen LogP contribution in [0, 0.1) is 24.7 Å². The molecule has 0 N–H and O–H groups in total. The van der Waals surface area contributed by atoms with Crippen LogP contribution in [0.3, 0.4) is 0 Å². The molecule has 0 saturated heterocycles. The Morgan fingerprint density at radius 3 is 2.67 bits per heavy atom. The van der Waals surface area contributed by atoms with Gasteiger partial charge < -0.3 is 4.74 Å². The Hall–Kier alpha value is -0.500. The zero-order valence-corrected chi connectivity index (χ0v) is 12.7. The average Bonchev–Trinajstić information content (AvgIpc) is 2.98. The van der Waals surface area contributed by atoms with Crippen LogP contribution in [-0.2, 0) is 0 Å². The second-order valence-corrected chi connectivity index (χ2v) is 6.85. The van der Waals surface area contributed by atoms with Crippen LogP contribution in [0.2, 0.25) is 0 Å². The first kappa shape index (κ1) is 12.5. The molecular weight excluding hydrogens is 288 g/mol. The molecule has 0 spiro atoms. The van der Waals surface area contributed by atoms with Gasteiger partial charge in [-0.25, -0.2) is 0 Å². The van der Waals surface area contributed by atoms with Gasteiger partial charge in [0.05, 0.1) is 6.61 Å². The molecule has 2 fully saturated rings. The van der Waals surface area contributed by atoms with E-state index in [1.54, 1.807) is 0 Å². The van der Waals surface area contributed by atoms with Crippen molar-refractivity contribution in [3.05, 3.63) is 29.3 Å². The summed E-state index contributed by atoms with van der Waals surface area (Å²) in [4.78, 5) is 0.465. The van der Waals surface area contributed by atoms with Gasteiger partial charge in [-0.05, 0) is 56.9 Å². The Kier molecular flexibility index (Phi) is 3.40. The Bertz CT molecular complexity index is 433. The molecule has 0 bridgehead atoms. The normalized spacial score (nSPS) is 30.9. The largest absolute Gasteiger partial charge is 0.494 e. The third-order valence-electron chi connectivity index (χ3n) is 4.46. The van der Waals surface area contributed by atoms with Gasteiger partial charge in [-0.15, -0.1) is 0 Å². The lowest BCUT2D eigenvalue weighted by atomic mass is 9.93. The van der Waals surface area contributed by atoms with Crippen LogP contribution < -0.4 is 4.74 Å². The summed E-state index contributed by atoms with van der Waals surface area (Å²) in [6, 6.07) is 6.55. The molecule has 2 heteroatoms. The van der Waals surface area contributed by atoms with Crippen molar-refractivity contribution >= 4 is 15.9 Å². The summed E-state index contributed by atoms with van der Waals surface area (Å²) in [7, 11) is 0. The lowest BCUT2D eigenvalue weighted by Gasteiger charge is -2.22. The van der Waals surface area contributed by atoms with Crippen molar-refractivity contribution in [1.29, 1.82) is 0 Å². The first-order chi connectivity index (χ1) is 8.69. The van der Waals surface area contributed by atoms with E-state index in [0.717, 1.165) is 30.1 Å². The van der Waals surface area contributed by atoms with Crippen LogP contribution >= 0.6 is 15.9 Å². The number of hydrogen-bond acceptors (Lipinski definition) is 1. The number of halogens is 1. The SMILES string of the molecule is CCOc1ccc(C)cc1C(Br)C1CC2CC2C1. The van der Waals surface area contributed by atoms with Crippen LogP contribution in [0.1, 0.15) is 42.1 Å². The molecule has 1 aromatic carbocycles. The molecule has 0 amide bonds. The third kappa shape index (κ3) is 2.32. The predicted molar refractivity (Wildman–Crippen MR) is 78.3 cm³/mol. The molecular formula is C16H21BrO. The van der Waals surface area contributed by atoms with E-state index in [9.17, 15) is 0 Å². The van der Waals surface area contributed by atoms with Gasteiger partial charge in [0.15, 0.2) is 0 Å². The van der Waals surface area contributed by atoms with Crippen LogP contribution in [-0.4, -0.2) is 6.61 Å². The summed E-state index contributed by atoms with van der Waals surface area (Å²) in [5, 5.41) is 0. The van der Waals surface area contributed by atoms with Gasteiger partial charge >= 0.3 is 0 Å². The molecule has 2 aliphatic carbocycles. The van der Waals surface area contributed by atoms with Gasteiger partial charge in [0.25, 0.3) is 0 Å². The number of benzene rings is 1. The highest BCUT2D eigenvalue weighted by molar-refractivity contribution is 9.09. The Labute approximate surface area is 118 Å². The summed E-state index contributed by atoms with van der Waals surface area (Å²) in [5.41, 5.74) is 2.67. The van der Waals surface area contributed by atoms with Crippen LogP contribution in [0.25, 0.3) is 0 Å². The van der Waals surface area contributed by atoms with E-state index in [-0.39, 0.29) is 0 Å². The molecule has 1 nitrogen and oxygen atoms in total. The van der Waals surface area contributed by atoms with E-state index < -0.39 is 0 Å². The van der Waals surface area contributed by atoms with Crippen molar-refractivity contribution in [3.63, 3.8) is 0 Å². The number of aryl methyl sites for hydroxylation is 1. The van der Waals surface area contributed by atoms with Crippen molar-refractivity contribution in [2.75, 3.05) is 6.61 Å².